The van der Waals surface area contributed by atoms with Crippen LogP contribution in [0.4, 0.5) is 0 Å². The number of hydrogen-bond donors (Lipinski definition) is 1. The third-order valence-corrected chi connectivity index (χ3v) is 6.45. The highest BCUT2D eigenvalue weighted by atomic mass is 79.9. The van der Waals surface area contributed by atoms with Crippen LogP contribution in [-0.4, -0.2) is 35.4 Å². The molecule has 35 heavy (non-hydrogen) atoms. The zero-order valence-electron chi connectivity index (χ0n) is 19.9. The van der Waals surface area contributed by atoms with E-state index in [9.17, 15) is 9.59 Å². The third kappa shape index (κ3) is 8.41. The highest BCUT2D eigenvalue weighted by Crippen LogP contribution is 2.19. The van der Waals surface area contributed by atoms with Crippen molar-refractivity contribution in [3.63, 3.8) is 0 Å². The summed E-state index contributed by atoms with van der Waals surface area (Å²) in [5, 5.41) is 3.63. The minimum absolute atomic E-state index is 0.0112. The fraction of sp³-hybridized carbons (Fsp3) is 0.286. The van der Waals surface area contributed by atoms with Crippen molar-refractivity contribution in [1.29, 1.82) is 0 Å². The number of carbonyl (C=O) groups is 2. The van der Waals surface area contributed by atoms with Gasteiger partial charge in [-0.05, 0) is 60.9 Å². The fourth-order valence-electron chi connectivity index (χ4n) is 3.59. The standard InChI is InChI=1S/C28H30BrClN2O3/c1-3-20(2)31-28(34)26(17-21-8-5-4-6-9-21)32(18-22-10-7-11-24(30)16-22)27(33)19-35-25-14-12-23(29)13-15-25/h4-16,20,26H,3,17-19H2,1-2H3,(H,31,34)/t20-,26-/m0/s1. The van der Waals surface area contributed by atoms with Gasteiger partial charge in [0.05, 0.1) is 0 Å². The lowest BCUT2D eigenvalue weighted by atomic mass is 10.0. The minimum atomic E-state index is -0.716. The van der Waals surface area contributed by atoms with Gasteiger partial charge in [-0.1, -0.05) is 76.9 Å². The molecule has 3 rings (SSSR count). The number of nitrogens with one attached hydrogen (secondary N) is 1. The second-order valence-corrected chi connectivity index (χ2v) is 9.77. The maximum absolute atomic E-state index is 13.5. The molecule has 0 heterocycles. The molecule has 7 heteroatoms. The molecular weight excluding hydrogens is 528 g/mol. The fourth-order valence-corrected chi connectivity index (χ4v) is 4.06. The lowest BCUT2D eigenvalue weighted by Gasteiger charge is -2.32. The van der Waals surface area contributed by atoms with E-state index in [1.807, 2.05) is 74.5 Å². The van der Waals surface area contributed by atoms with Gasteiger partial charge in [0.1, 0.15) is 11.8 Å². The Labute approximate surface area is 220 Å². The summed E-state index contributed by atoms with van der Waals surface area (Å²) in [6, 6.07) is 23.6. The van der Waals surface area contributed by atoms with Crippen molar-refractivity contribution in [1.82, 2.24) is 10.2 Å². The van der Waals surface area contributed by atoms with Gasteiger partial charge < -0.3 is 15.0 Å². The number of rotatable bonds is 11. The summed E-state index contributed by atoms with van der Waals surface area (Å²) in [7, 11) is 0. The number of ether oxygens (including phenoxy) is 1. The molecule has 0 aliphatic heterocycles. The van der Waals surface area contributed by atoms with Gasteiger partial charge in [-0.3, -0.25) is 9.59 Å². The van der Waals surface area contributed by atoms with Crippen LogP contribution in [0.2, 0.25) is 5.02 Å². The molecule has 0 aliphatic carbocycles. The van der Waals surface area contributed by atoms with E-state index in [0.717, 1.165) is 22.0 Å². The summed E-state index contributed by atoms with van der Waals surface area (Å²) in [6.45, 7) is 4.01. The number of nitrogens with zero attached hydrogens (tertiary/aromatic N) is 1. The van der Waals surface area contributed by atoms with Crippen molar-refractivity contribution in [2.24, 2.45) is 0 Å². The maximum atomic E-state index is 13.5. The van der Waals surface area contributed by atoms with Crippen LogP contribution in [0.25, 0.3) is 0 Å². The molecule has 3 aromatic carbocycles. The predicted octanol–water partition coefficient (Wildman–Crippen LogP) is 6.04. The van der Waals surface area contributed by atoms with Gasteiger partial charge in [0.25, 0.3) is 5.91 Å². The second-order valence-electron chi connectivity index (χ2n) is 8.42. The van der Waals surface area contributed by atoms with Crippen LogP contribution >= 0.6 is 27.5 Å². The van der Waals surface area contributed by atoms with Gasteiger partial charge >= 0.3 is 0 Å². The van der Waals surface area contributed by atoms with Gasteiger partial charge in [0, 0.05) is 28.5 Å². The average molecular weight is 558 g/mol. The second kappa shape index (κ2) is 13.3. The monoisotopic (exact) mass is 556 g/mol. The van der Waals surface area contributed by atoms with Gasteiger partial charge in [-0.25, -0.2) is 0 Å². The first-order valence-electron chi connectivity index (χ1n) is 11.6. The normalized spacial score (nSPS) is 12.5. The molecule has 5 nitrogen and oxygen atoms in total. The topological polar surface area (TPSA) is 58.6 Å². The van der Waals surface area contributed by atoms with Gasteiger partial charge in [0.2, 0.25) is 5.91 Å². The molecule has 0 unspecified atom stereocenters. The van der Waals surface area contributed by atoms with Gasteiger partial charge in [-0.15, -0.1) is 0 Å². The summed E-state index contributed by atoms with van der Waals surface area (Å²) in [5.41, 5.74) is 1.80. The first kappa shape index (κ1) is 26.8. The Bertz CT molecular complexity index is 1110. The van der Waals surface area contributed by atoms with Crippen LogP contribution in [0.5, 0.6) is 5.75 Å². The van der Waals surface area contributed by atoms with E-state index in [1.165, 1.54) is 0 Å². The van der Waals surface area contributed by atoms with Crippen LogP contribution in [0, 0.1) is 0 Å². The molecule has 0 saturated carbocycles. The predicted molar refractivity (Wildman–Crippen MR) is 143 cm³/mol. The Kier molecular flexibility index (Phi) is 10.2. The zero-order valence-corrected chi connectivity index (χ0v) is 22.3. The molecule has 0 aliphatic rings. The Morgan fingerprint density at radius 1 is 1.00 bits per heavy atom. The van der Waals surface area contributed by atoms with Crippen molar-refractivity contribution >= 4 is 39.3 Å². The third-order valence-electron chi connectivity index (χ3n) is 5.69. The molecule has 0 spiro atoms. The van der Waals surface area contributed by atoms with E-state index in [-0.39, 0.29) is 31.0 Å². The molecule has 184 valence electrons. The van der Waals surface area contributed by atoms with Crippen LogP contribution < -0.4 is 10.1 Å². The molecule has 0 aromatic heterocycles. The first-order valence-corrected chi connectivity index (χ1v) is 12.8. The van der Waals surface area contributed by atoms with Crippen molar-refractivity contribution in [3.05, 3.63) is 99.5 Å². The Hall–Kier alpha value is -2.83. The number of benzene rings is 3. The summed E-state index contributed by atoms with van der Waals surface area (Å²) in [4.78, 5) is 28.6. The number of hydrogen-bond acceptors (Lipinski definition) is 3. The Balaban J connectivity index is 1.90. The van der Waals surface area contributed by atoms with E-state index < -0.39 is 6.04 Å². The number of halogens is 2. The molecule has 3 aromatic rings. The van der Waals surface area contributed by atoms with E-state index in [2.05, 4.69) is 21.2 Å². The van der Waals surface area contributed by atoms with Crippen molar-refractivity contribution in [2.45, 2.75) is 45.3 Å². The van der Waals surface area contributed by atoms with Gasteiger partial charge in [-0.2, -0.15) is 0 Å². The van der Waals surface area contributed by atoms with E-state index in [1.54, 1.807) is 23.1 Å². The highest BCUT2D eigenvalue weighted by molar-refractivity contribution is 9.10. The van der Waals surface area contributed by atoms with Crippen LogP contribution in [-0.2, 0) is 22.6 Å². The van der Waals surface area contributed by atoms with Gasteiger partial charge in [0.15, 0.2) is 6.61 Å². The Morgan fingerprint density at radius 3 is 2.34 bits per heavy atom. The molecule has 0 radical (unpaired) electrons. The smallest absolute Gasteiger partial charge is 0.261 e. The minimum Gasteiger partial charge on any atom is -0.484 e. The SMILES string of the molecule is CC[C@H](C)NC(=O)[C@H](Cc1ccccc1)N(Cc1cccc(Cl)c1)C(=O)COc1ccc(Br)cc1. The van der Waals surface area contributed by atoms with E-state index in [4.69, 9.17) is 16.3 Å². The molecular formula is C28H30BrClN2O3. The number of amides is 2. The lowest BCUT2D eigenvalue weighted by molar-refractivity contribution is -0.143. The largest absolute Gasteiger partial charge is 0.484 e. The quantitative estimate of drug-likeness (QED) is 0.313. The molecule has 0 saturated heterocycles. The molecule has 2 amide bonds. The van der Waals surface area contributed by atoms with Crippen LogP contribution in [0.15, 0.2) is 83.3 Å². The van der Waals surface area contributed by atoms with Crippen LogP contribution in [0.1, 0.15) is 31.4 Å². The van der Waals surface area contributed by atoms with E-state index >= 15 is 0 Å². The average Bonchev–Trinajstić information content (AvgIpc) is 2.86. The van der Waals surface area contributed by atoms with Crippen molar-refractivity contribution < 1.29 is 14.3 Å². The molecule has 0 bridgehead atoms. The summed E-state index contributed by atoms with van der Waals surface area (Å²) in [5.74, 6) is 0.100. The molecule has 2 atom stereocenters. The number of carbonyl (C=O) groups excluding carboxylic acids is 2. The molecule has 1 N–H and O–H groups in total. The molecule has 0 fully saturated rings. The zero-order chi connectivity index (χ0) is 25.2. The van der Waals surface area contributed by atoms with Crippen LogP contribution in [0.3, 0.4) is 0 Å². The Morgan fingerprint density at radius 2 is 1.69 bits per heavy atom. The van der Waals surface area contributed by atoms with E-state index in [0.29, 0.717) is 17.2 Å². The van der Waals surface area contributed by atoms with Crippen molar-refractivity contribution in [2.75, 3.05) is 6.61 Å². The summed E-state index contributed by atoms with van der Waals surface area (Å²) >= 11 is 9.61. The summed E-state index contributed by atoms with van der Waals surface area (Å²) in [6.07, 6.45) is 1.17. The summed E-state index contributed by atoms with van der Waals surface area (Å²) < 4.78 is 6.70. The lowest BCUT2D eigenvalue weighted by Crippen LogP contribution is -2.53. The maximum Gasteiger partial charge on any atom is 0.261 e. The van der Waals surface area contributed by atoms with Crippen molar-refractivity contribution in [3.8, 4) is 5.75 Å². The first-order chi connectivity index (χ1) is 16.9. The highest BCUT2D eigenvalue weighted by Gasteiger charge is 2.31.